The summed E-state index contributed by atoms with van der Waals surface area (Å²) in [5.74, 6) is -2.77. The molecule has 0 radical (unpaired) electrons. The van der Waals surface area contributed by atoms with Crippen molar-refractivity contribution < 1.29 is 45.6 Å². The molecular weight excluding hydrogens is 252 g/mol. The lowest BCUT2D eigenvalue weighted by Gasteiger charge is -2.47. The van der Waals surface area contributed by atoms with Crippen molar-refractivity contribution >= 4 is 0 Å². The standard InChI is InChI=1S/C9H18O9/c10-1-3(11)2-18-9(17)7(15)5(13)4(12)6(14)8(9)16/h3-8,10-17H,1-2H2/t3?,4-,5-,6+,7-,8-,9-/m1/s1. The summed E-state index contributed by atoms with van der Waals surface area (Å²) in [7, 11) is 0. The van der Waals surface area contributed by atoms with E-state index in [0.717, 1.165) is 0 Å². The third kappa shape index (κ3) is 2.64. The fourth-order valence-electron chi connectivity index (χ4n) is 1.69. The molecule has 8 N–H and O–H groups in total. The Balaban J connectivity index is 2.82. The summed E-state index contributed by atoms with van der Waals surface area (Å²) >= 11 is 0. The van der Waals surface area contributed by atoms with E-state index in [1.165, 1.54) is 0 Å². The first-order valence-corrected chi connectivity index (χ1v) is 5.31. The van der Waals surface area contributed by atoms with Gasteiger partial charge in [-0.05, 0) is 0 Å². The van der Waals surface area contributed by atoms with Gasteiger partial charge in [-0.2, -0.15) is 0 Å². The maximum absolute atomic E-state index is 9.87. The van der Waals surface area contributed by atoms with Crippen LogP contribution in [0, 0.1) is 0 Å². The molecule has 9 heteroatoms. The molecule has 0 heterocycles. The number of rotatable bonds is 4. The van der Waals surface area contributed by atoms with Crippen molar-refractivity contribution in [2.24, 2.45) is 0 Å². The molecule has 1 saturated carbocycles. The predicted molar refractivity (Wildman–Crippen MR) is 54.0 cm³/mol. The Morgan fingerprint density at radius 1 is 0.944 bits per heavy atom. The van der Waals surface area contributed by atoms with Crippen LogP contribution in [0.4, 0.5) is 0 Å². The highest BCUT2D eigenvalue weighted by Gasteiger charge is 2.58. The Labute approximate surface area is 102 Å². The summed E-state index contributed by atoms with van der Waals surface area (Å²) < 4.78 is 4.65. The van der Waals surface area contributed by atoms with Gasteiger partial charge in [0.25, 0.3) is 0 Å². The second-order valence-corrected chi connectivity index (χ2v) is 4.26. The minimum absolute atomic E-state index is 0.656. The van der Waals surface area contributed by atoms with Gasteiger partial charge in [0.1, 0.15) is 36.6 Å². The van der Waals surface area contributed by atoms with E-state index in [9.17, 15) is 30.6 Å². The van der Waals surface area contributed by atoms with Crippen LogP contribution in [0.3, 0.4) is 0 Å². The van der Waals surface area contributed by atoms with Gasteiger partial charge < -0.3 is 45.6 Å². The Hall–Kier alpha value is -0.360. The molecule has 1 fully saturated rings. The van der Waals surface area contributed by atoms with Gasteiger partial charge in [0.05, 0.1) is 13.2 Å². The number of aliphatic hydroxyl groups is 8. The number of ether oxygens (including phenoxy) is 1. The summed E-state index contributed by atoms with van der Waals surface area (Å²) in [6.07, 6.45) is -11.3. The van der Waals surface area contributed by atoms with Crippen molar-refractivity contribution in [1.29, 1.82) is 0 Å². The van der Waals surface area contributed by atoms with Gasteiger partial charge in [0.2, 0.25) is 5.79 Å². The molecule has 1 rings (SSSR count). The second kappa shape index (κ2) is 5.74. The zero-order valence-electron chi connectivity index (χ0n) is 9.36. The van der Waals surface area contributed by atoms with Crippen molar-refractivity contribution in [3.63, 3.8) is 0 Å². The highest BCUT2D eigenvalue weighted by atomic mass is 16.7. The maximum Gasteiger partial charge on any atom is 0.224 e. The van der Waals surface area contributed by atoms with Gasteiger partial charge in [-0.3, -0.25) is 0 Å². The van der Waals surface area contributed by atoms with Crippen LogP contribution >= 0.6 is 0 Å². The van der Waals surface area contributed by atoms with Gasteiger partial charge in [-0.25, -0.2) is 0 Å². The molecule has 7 atom stereocenters. The van der Waals surface area contributed by atoms with E-state index < -0.39 is 55.6 Å². The monoisotopic (exact) mass is 270 g/mol. The van der Waals surface area contributed by atoms with Gasteiger partial charge in [0, 0.05) is 0 Å². The average Bonchev–Trinajstić information content (AvgIpc) is 2.38. The Bertz CT molecular complexity index is 257. The predicted octanol–water partition coefficient (Wildman–Crippen LogP) is -5.14. The topological polar surface area (TPSA) is 171 Å². The maximum atomic E-state index is 9.87. The first-order chi connectivity index (χ1) is 8.25. The van der Waals surface area contributed by atoms with Crippen molar-refractivity contribution in [2.75, 3.05) is 13.2 Å². The zero-order chi connectivity index (χ0) is 14.1. The second-order valence-electron chi connectivity index (χ2n) is 4.26. The van der Waals surface area contributed by atoms with Crippen LogP contribution in [-0.2, 0) is 4.74 Å². The first-order valence-electron chi connectivity index (χ1n) is 5.31. The smallest absolute Gasteiger partial charge is 0.224 e. The molecule has 1 aliphatic carbocycles. The van der Waals surface area contributed by atoms with Crippen LogP contribution in [0.2, 0.25) is 0 Å². The van der Waals surface area contributed by atoms with Crippen molar-refractivity contribution in [3.05, 3.63) is 0 Å². The quantitative estimate of drug-likeness (QED) is 0.232. The molecule has 18 heavy (non-hydrogen) atoms. The molecule has 0 spiro atoms. The largest absolute Gasteiger partial charge is 0.394 e. The van der Waals surface area contributed by atoms with Gasteiger partial charge >= 0.3 is 0 Å². The minimum Gasteiger partial charge on any atom is -0.394 e. The van der Waals surface area contributed by atoms with E-state index in [1.807, 2.05) is 0 Å². The van der Waals surface area contributed by atoms with E-state index in [4.69, 9.17) is 10.2 Å². The number of hydrogen-bond donors (Lipinski definition) is 8. The minimum atomic E-state index is -2.77. The normalized spacial score (nSPS) is 47.0. The number of hydrogen-bond acceptors (Lipinski definition) is 9. The van der Waals surface area contributed by atoms with Crippen molar-refractivity contribution in [1.82, 2.24) is 0 Å². The van der Waals surface area contributed by atoms with E-state index >= 15 is 0 Å². The fraction of sp³-hybridized carbons (Fsp3) is 1.00. The molecule has 0 bridgehead atoms. The molecule has 1 aliphatic rings. The van der Waals surface area contributed by atoms with Crippen LogP contribution in [0.15, 0.2) is 0 Å². The van der Waals surface area contributed by atoms with Crippen molar-refractivity contribution in [3.8, 4) is 0 Å². The lowest BCUT2D eigenvalue weighted by Crippen LogP contribution is -2.72. The molecule has 0 aliphatic heterocycles. The van der Waals surface area contributed by atoms with E-state index in [-0.39, 0.29) is 0 Å². The average molecular weight is 270 g/mol. The number of aliphatic hydroxyl groups excluding tert-OH is 7. The molecule has 0 aromatic carbocycles. The summed E-state index contributed by atoms with van der Waals surface area (Å²) in [4.78, 5) is 0. The van der Waals surface area contributed by atoms with Gasteiger partial charge in [-0.15, -0.1) is 0 Å². The Morgan fingerprint density at radius 2 is 1.39 bits per heavy atom. The lowest BCUT2D eigenvalue weighted by atomic mass is 9.82. The van der Waals surface area contributed by atoms with Crippen molar-refractivity contribution in [2.45, 2.75) is 42.4 Å². The molecule has 0 aromatic rings. The Morgan fingerprint density at radius 3 is 1.78 bits per heavy atom. The van der Waals surface area contributed by atoms with Crippen LogP contribution in [0.1, 0.15) is 0 Å². The van der Waals surface area contributed by atoms with Crippen LogP contribution in [0.25, 0.3) is 0 Å². The highest BCUT2D eigenvalue weighted by Crippen LogP contribution is 2.31. The molecular formula is C9H18O9. The fourth-order valence-corrected chi connectivity index (χ4v) is 1.69. The summed E-state index contributed by atoms with van der Waals surface area (Å²) in [6, 6.07) is 0. The summed E-state index contributed by atoms with van der Waals surface area (Å²) in [5.41, 5.74) is 0. The molecule has 0 amide bonds. The summed E-state index contributed by atoms with van der Waals surface area (Å²) in [6.45, 7) is -1.34. The molecule has 0 aromatic heterocycles. The third-order valence-corrected chi connectivity index (χ3v) is 2.91. The SMILES string of the molecule is OCC(O)CO[C@]1(O)[C@H](O)[C@H](O)[C@@H](O)[C@H](O)[C@H]1O. The van der Waals surface area contributed by atoms with E-state index in [1.54, 1.807) is 0 Å². The zero-order valence-corrected chi connectivity index (χ0v) is 9.36. The van der Waals surface area contributed by atoms with Crippen LogP contribution in [0.5, 0.6) is 0 Å². The molecule has 1 unspecified atom stereocenters. The molecule has 9 nitrogen and oxygen atoms in total. The van der Waals surface area contributed by atoms with Crippen LogP contribution < -0.4 is 0 Å². The lowest BCUT2D eigenvalue weighted by molar-refractivity contribution is -0.364. The van der Waals surface area contributed by atoms with Gasteiger partial charge in [-0.1, -0.05) is 0 Å². The Kier molecular flexibility index (Phi) is 5.00. The summed E-state index contributed by atoms with van der Waals surface area (Å²) in [5, 5.41) is 74.5. The molecule has 108 valence electrons. The third-order valence-electron chi connectivity index (χ3n) is 2.91. The highest BCUT2D eigenvalue weighted by molar-refractivity contribution is 5.03. The first kappa shape index (κ1) is 15.7. The molecule has 0 saturated heterocycles. The van der Waals surface area contributed by atoms with Crippen LogP contribution in [-0.4, -0.2) is 96.5 Å². The van der Waals surface area contributed by atoms with E-state index in [2.05, 4.69) is 4.74 Å². The van der Waals surface area contributed by atoms with E-state index in [0.29, 0.717) is 0 Å². The van der Waals surface area contributed by atoms with Gasteiger partial charge in [0.15, 0.2) is 0 Å².